The minimum absolute atomic E-state index is 0.0462. The van der Waals surface area contributed by atoms with Crippen LogP contribution in [-0.4, -0.2) is 47.0 Å². The Morgan fingerprint density at radius 1 is 0.969 bits per heavy atom. The van der Waals surface area contributed by atoms with E-state index in [0.717, 1.165) is 11.3 Å². The van der Waals surface area contributed by atoms with E-state index in [0.29, 0.717) is 42.8 Å². The number of halogens is 2. The summed E-state index contributed by atoms with van der Waals surface area (Å²) in [5.41, 5.74) is 1.93. The lowest BCUT2D eigenvalue weighted by atomic mass is 10.2. The van der Waals surface area contributed by atoms with Gasteiger partial charge in [-0.3, -0.25) is 9.59 Å². The van der Waals surface area contributed by atoms with Crippen molar-refractivity contribution in [2.24, 2.45) is 0 Å². The van der Waals surface area contributed by atoms with Gasteiger partial charge in [0.25, 0.3) is 5.56 Å². The number of aromatic amines is 1. The molecule has 6 nitrogen and oxygen atoms in total. The van der Waals surface area contributed by atoms with Gasteiger partial charge in [0.15, 0.2) is 5.16 Å². The van der Waals surface area contributed by atoms with Gasteiger partial charge in [-0.25, -0.2) is 13.8 Å². The Labute approximate surface area is 188 Å². The van der Waals surface area contributed by atoms with Crippen LogP contribution < -0.4 is 10.5 Å². The van der Waals surface area contributed by atoms with Gasteiger partial charge in [-0.1, -0.05) is 23.9 Å². The third-order valence-electron chi connectivity index (χ3n) is 5.22. The fraction of sp³-hybridized carbons (Fsp3) is 0.261. The number of carbonyl (C=O) groups is 1. The van der Waals surface area contributed by atoms with Gasteiger partial charge in [-0.2, -0.15) is 0 Å². The second-order valence-electron chi connectivity index (χ2n) is 7.48. The van der Waals surface area contributed by atoms with Crippen molar-refractivity contribution in [2.75, 3.05) is 31.1 Å². The molecular formula is C23H22F2N4O2S. The SMILES string of the molecule is O=C(Cc1cc(=O)[nH]c(SCc2ccc(F)cc2)n1)N1CCN(c2ccc(F)cc2)CC1. The monoisotopic (exact) mass is 456 g/mol. The minimum atomic E-state index is -0.314. The van der Waals surface area contributed by atoms with E-state index in [1.165, 1.54) is 42.1 Å². The summed E-state index contributed by atoms with van der Waals surface area (Å²) >= 11 is 1.32. The van der Waals surface area contributed by atoms with Gasteiger partial charge in [0.1, 0.15) is 11.6 Å². The molecule has 0 unspecified atom stereocenters. The Morgan fingerprint density at radius 3 is 2.25 bits per heavy atom. The summed E-state index contributed by atoms with van der Waals surface area (Å²) in [6, 6.07) is 13.8. The molecule has 2 aromatic carbocycles. The predicted octanol–water partition coefficient (Wildman–Crippen LogP) is 3.23. The van der Waals surface area contributed by atoms with Crippen LogP contribution in [0.4, 0.5) is 14.5 Å². The summed E-state index contributed by atoms with van der Waals surface area (Å²) in [5.74, 6) is -0.143. The molecule has 1 amide bonds. The maximum atomic E-state index is 13.1. The molecule has 3 aromatic rings. The van der Waals surface area contributed by atoms with Crippen LogP contribution in [0.3, 0.4) is 0 Å². The Morgan fingerprint density at radius 2 is 1.59 bits per heavy atom. The average molecular weight is 457 g/mol. The highest BCUT2D eigenvalue weighted by Gasteiger charge is 2.22. The molecule has 1 saturated heterocycles. The summed E-state index contributed by atoms with van der Waals surface area (Å²) in [4.78, 5) is 35.7. The van der Waals surface area contributed by atoms with E-state index in [1.807, 2.05) is 0 Å². The van der Waals surface area contributed by atoms with Crippen molar-refractivity contribution >= 4 is 23.4 Å². The summed E-state index contributed by atoms with van der Waals surface area (Å²) in [6.07, 6.45) is 0.0462. The smallest absolute Gasteiger partial charge is 0.251 e. The zero-order valence-electron chi connectivity index (χ0n) is 17.3. The van der Waals surface area contributed by atoms with E-state index >= 15 is 0 Å². The summed E-state index contributed by atoms with van der Waals surface area (Å²) < 4.78 is 26.2. The van der Waals surface area contributed by atoms with Crippen molar-refractivity contribution < 1.29 is 13.6 Å². The molecule has 1 aliphatic heterocycles. The first-order valence-electron chi connectivity index (χ1n) is 10.2. The van der Waals surface area contributed by atoms with Gasteiger partial charge in [-0.15, -0.1) is 0 Å². The van der Waals surface area contributed by atoms with Gasteiger partial charge in [0.05, 0.1) is 12.1 Å². The zero-order valence-corrected chi connectivity index (χ0v) is 18.1. The molecule has 166 valence electrons. The van der Waals surface area contributed by atoms with Crippen molar-refractivity contribution in [2.45, 2.75) is 17.3 Å². The van der Waals surface area contributed by atoms with Gasteiger partial charge in [0.2, 0.25) is 5.91 Å². The maximum absolute atomic E-state index is 13.1. The first kappa shape index (κ1) is 22.0. The number of anilines is 1. The maximum Gasteiger partial charge on any atom is 0.251 e. The molecule has 2 heterocycles. The number of hydrogen-bond acceptors (Lipinski definition) is 5. The topological polar surface area (TPSA) is 69.3 Å². The predicted molar refractivity (Wildman–Crippen MR) is 120 cm³/mol. The first-order chi connectivity index (χ1) is 15.5. The minimum Gasteiger partial charge on any atom is -0.368 e. The summed E-state index contributed by atoms with van der Waals surface area (Å²) in [6.45, 7) is 2.40. The van der Waals surface area contributed by atoms with Crippen molar-refractivity contribution in [3.05, 3.63) is 87.8 Å². The second-order valence-corrected chi connectivity index (χ2v) is 8.44. The van der Waals surface area contributed by atoms with Gasteiger partial charge in [-0.05, 0) is 42.0 Å². The Bertz CT molecular complexity index is 1130. The van der Waals surface area contributed by atoms with E-state index < -0.39 is 0 Å². The number of piperazine rings is 1. The number of aromatic nitrogens is 2. The fourth-order valence-electron chi connectivity index (χ4n) is 3.51. The molecule has 0 radical (unpaired) electrons. The van der Waals surface area contributed by atoms with Crippen molar-refractivity contribution in [3.8, 4) is 0 Å². The fourth-order valence-corrected chi connectivity index (χ4v) is 4.36. The van der Waals surface area contributed by atoms with Crippen LogP contribution in [0.15, 0.2) is 64.5 Å². The van der Waals surface area contributed by atoms with Crippen LogP contribution in [0.5, 0.6) is 0 Å². The normalized spacial score (nSPS) is 13.9. The van der Waals surface area contributed by atoms with E-state index in [1.54, 1.807) is 29.2 Å². The quantitative estimate of drug-likeness (QED) is 0.456. The van der Waals surface area contributed by atoms with E-state index in [-0.39, 0.29) is 29.5 Å². The molecule has 0 spiro atoms. The zero-order chi connectivity index (χ0) is 22.5. The van der Waals surface area contributed by atoms with Gasteiger partial charge in [0, 0.05) is 43.7 Å². The van der Waals surface area contributed by atoms with Crippen molar-refractivity contribution in [3.63, 3.8) is 0 Å². The molecular weight excluding hydrogens is 434 g/mol. The number of H-pyrrole nitrogens is 1. The Balaban J connectivity index is 1.33. The number of nitrogens with one attached hydrogen (secondary N) is 1. The molecule has 1 aromatic heterocycles. The molecule has 0 atom stereocenters. The number of carbonyl (C=O) groups excluding carboxylic acids is 1. The number of nitrogens with zero attached hydrogens (tertiary/aromatic N) is 3. The average Bonchev–Trinajstić information content (AvgIpc) is 2.79. The van der Waals surface area contributed by atoms with Crippen LogP contribution in [0.25, 0.3) is 0 Å². The number of amides is 1. The van der Waals surface area contributed by atoms with E-state index in [4.69, 9.17) is 0 Å². The number of benzene rings is 2. The van der Waals surface area contributed by atoms with Crippen LogP contribution >= 0.6 is 11.8 Å². The molecule has 4 rings (SSSR count). The molecule has 0 saturated carbocycles. The van der Waals surface area contributed by atoms with Crippen molar-refractivity contribution in [1.82, 2.24) is 14.9 Å². The molecule has 0 aliphatic carbocycles. The standard InChI is InChI=1S/C23H22F2N4O2S/c24-17-3-1-16(2-4-17)15-32-23-26-19(13-21(30)27-23)14-22(31)29-11-9-28(10-12-29)20-7-5-18(25)6-8-20/h1-8,13H,9-12,14-15H2,(H,26,27,30). The van der Waals surface area contributed by atoms with Crippen LogP contribution in [0.1, 0.15) is 11.3 Å². The van der Waals surface area contributed by atoms with Crippen LogP contribution in [-0.2, 0) is 17.0 Å². The lowest BCUT2D eigenvalue weighted by Crippen LogP contribution is -2.49. The van der Waals surface area contributed by atoms with Crippen molar-refractivity contribution in [1.29, 1.82) is 0 Å². The molecule has 1 aliphatic rings. The Kier molecular flexibility index (Phi) is 6.84. The largest absolute Gasteiger partial charge is 0.368 e. The lowest BCUT2D eigenvalue weighted by molar-refractivity contribution is -0.130. The summed E-state index contributed by atoms with van der Waals surface area (Å²) in [7, 11) is 0. The highest BCUT2D eigenvalue weighted by atomic mass is 32.2. The molecule has 1 N–H and O–H groups in total. The molecule has 9 heteroatoms. The van der Waals surface area contributed by atoms with E-state index in [2.05, 4.69) is 14.9 Å². The van der Waals surface area contributed by atoms with Gasteiger partial charge >= 0.3 is 0 Å². The highest BCUT2D eigenvalue weighted by molar-refractivity contribution is 7.98. The third-order valence-corrected chi connectivity index (χ3v) is 6.16. The number of rotatable bonds is 6. The molecule has 0 bridgehead atoms. The lowest BCUT2D eigenvalue weighted by Gasteiger charge is -2.36. The first-order valence-corrected chi connectivity index (χ1v) is 11.2. The Hall–Kier alpha value is -3.20. The molecule has 32 heavy (non-hydrogen) atoms. The number of thioether (sulfide) groups is 1. The van der Waals surface area contributed by atoms with E-state index in [9.17, 15) is 18.4 Å². The van der Waals surface area contributed by atoms with Crippen LogP contribution in [0.2, 0.25) is 0 Å². The highest BCUT2D eigenvalue weighted by Crippen LogP contribution is 2.20. The van der Waals surface area contributed by atoms with Gasteiger partial charge < -0.3 is 14.8 Å². The third kappa shape index (κ3) is 5.73. The second kappa shape index (κ2) is 9.95. The number of hydrogen-bond donors (Lipinski definition) is 1. The summed E-state index contributed by atoms with van der Waals surface area (Å²) in [5, 5.41) is 0.422. The molecule has 1 fully saturated rings. The van der Waals surface area contributed by atoms with Crippen LogP contribution in [0, 0.1) is 11.6 Å².